The highest BCUT2D eigenvalue weighted by Crippen LogP contribution is 2.34. The van der Waals surface area contributed by atoms with E-state index in [9.17, 15) is 14.4 Å². The summed E-state index contributed by atoms with van der Waals surface area (Å²) < 4.78 is 0. The van der Waals surface area contributed by atoms with E-state index in [-0.39, 0.29) is 11.9 Å². The molecule has 0 bridgehead atoms. The molecule has 2 aromatic carbocycles. The van der Waals surface area contributed by atoms with E-state index in [4.69, 9.17) is 4.79 Å². The number of fused-ring (bicyclic) bond motifs is 2. The Labute approximate surface area is 319 Å². The van der Waals surface area contributed by atoms with Crippen LogP contribution in [0.2, 0.25) is 0 Å². The molecule has 54 heavy (non-hydrogen) atoms. The number of nitrogens with zero attached hydrogens (tertiary/aromatic N) is 5. The Kier molecular flexibility index (Phi) is 14.7. The highest BCUT2D eigenvalue weighted by atomic mass is 16.2. The Morgan fingerprint density at radius 3 is 2.39 bits per heavy atom. The molecule has 0 radical (unpaired) electrons. The molecule has 3 N–H and O–H groups in total. The number of amides is 2. The standard InChI is InChI=1S/C27H33N3O3.C13H18N4.C2H5NO/c1-2-5-23(20-32)30-18-25-24(27(30)33)7-3-8-26(25)29-16-14-28(15-17-29)13-4-6-21-9-11-22(19-31)12-10-21;1-14-13-7-10-9(8-15-13)6-11(16-10)12-4-3-5-17(12)2;1-3-2-4/h3,7-12,19-20,23H,2,4-6,13-18H2,1H3;6-8,12,16H,3-5H2,1-2H3,(H,14,15);2H,1H3,(H,3,4). The monoisotopic (exact) mass is 736 g/mol. The van der Waals surface area contributed by atoms with Gasteiger partial charge in [-0.25, -0.2) is 4.98 Å². The average molecular weight is 737 g/mol. The number of aromatic amines is 1. The van der Waals surface area contributed by atoms with Crippen LogP contribution in [-0.2, 0) is 22.6 Å². The minimum absolute atomic E-state index is 0.0165. The van der Waals surface area contributed by atoms with Crippen LogP contribution in [0.1, 0.15) is 82.6 Å². The van der Waals surface area contributed by atoms with E-state index in [0.29, 0.717) is 25.4 Å². The predicted molar refractivity (Wildman–Crippen MR) is 215 cm³/mol. The first-order valence-corrected chi connectivity index (χ1v) is 19.2. The van der Waals surface area contributed by atoms with Crippen LogP contribution in [0.15, 0.2) is 60.8 Å². The number of pyridine rings is 1. The van der Waals surface area contributed by atoms with E-state index < -0.39 is 0 Å². The Morgan fingerprint density at radius 2 is 1.76 bits per heavy atom. The van der Waals surface area contributed by atoms with Crippen molar-refractivity contribution in [2.24, 2.45) is 0 Å². The SMILES string of the molecule is CCCC(C=O)N1Cc2c(cccc2N2CCN(CCCc3ccc(C=O)cc3)CC2)C1=O.CNC=O.CNc1cc2[nH]c(C3CCCN3C)cc2cn1. The lowest BCUT2D eigenvalue weighted by Gasteiger charge is -2.37. The number of aldehydes is 2. The zero-order valence-corrected chi connectivity index (χ0v) is 32.2. The van der Waals surface area contributed by atoms with Gasteiger partial charge in [0.2, 0.25) is 6.41 Å². The summed E-state index contributed by atoms with van der Waals surface area (Å²) in [4.78, 5) is 61.3. The smallest absolute Gasteiger partial charge is 0.255 e. The van der Waals surface area contributed by atoms with Gasteiger partial charge in [0.25, 0.3) is 5.91 Å². The van der Waals surface area contributed by atoms with E-state index in [1.165, 1.54) is 41.5 Å². The van der Waals surface area contributed by atoms with Crippen LogP contribution >= 0.6 is 0 Å². The maximum absolute atomic E-state index is 13.0. The highest BCUT2D eigenvalue weighted by molar-refractivity contribution is 6.01. The number of H-pyrrole nitrogens is 1. The van der Waals surface area contributed by atoms with Crippen LogP contribution in [0, 0.1) is 0 Å². The second-order valence-corrected chi connectivity index (χ2v) is 14.2. The normalized spacial score (nSPS) is 17.6. The number of piperazine rings is 1. The van der Waals surface area contributed by atoms with Gasteiger partial charge in [0, 0.05) is 98.6 Å². The van der Waals surface area contributed by atoms with Crippen LogP contribution in [-0.4, -0.2) is 116 Å². The summed E-state index contributed by atoms with van der Waals surface area (Å²) in [5.74, 6) is 0.892. The van der Waals surface area contributed by atoms with Crippen molar-refractivity contribution in [3.8, 4) is 0 Å². The molecule has 12 nitrogen and oxygen atoms in total. The maximum Gasteiger partial charge on any atom is 0.255 e. The van der Waals surface area contributed by atoms with Crippen molar-refractivity contribution in [1.29, 1.82) is 0 Å². The first-order valence-electron chi connectivity index (χ1n) is 19.2. The number of carbonyl (C=O) groups excluding carboxylic acids is 4. The molecule has 2 aromatic heterocycles. The van der Waals surface area contributed by atoms with Gasteiger partial charge in [0.1, 0.15) is 18.4 Å². The zero-order valence-electron chi connectivity index (χ0n) is 32.2. The highest BCUT2D eigenvalue weighted by Gasteiger charge is 2.35. The van der Waals surface area contributed by atoms with Crippen molar-refractivity contribution in [2.45, 2.75) is 64.1 Å². The molecule has 0 aliphatic carbocycles. The number of nitrogens with one attached hydrogen (secondary N) is 3. The zero-order chi connectivity index (χ0) is 38.5. The van der Waals surface area contributed by atoms with E-state index in [2.05, 4.69) is 60.5 Å². The van der Waals surface area contributed by atoms with Gasteiger partial charge in [-0.15, -0.1) is 0 Å². The van der Waals surface area contributed by atoms with Crippen LogP contribution in [0.25, 0.3) is 10.9 Å². The van der Waals surface area contributed by atoms with E-state index >= 15 is 0 Å². The Hall–Kier alpha value is -5.07. The molecular weight excluding hydrogens is 681 g/mol. The van der Waals surface area contributed by atoms with Gasteiger partial charge in [-0.2, -0.15) is 0 Å². The Bertz CT molecular complexity index is 1840. The largest absolute Gasteiger partial charge is 0.373 e. The van der Waals surface area contributed by atoms with E-state index in [1.54, 1.807) is 11.9 Å². The molecule has 3 aliphatic heterocycles. The Morgan fingerprint density at radius 1 is 1.00 bits per heavy atom. The molecule has 2 unspecified atom stereocenters. The van der Waals surface area contributed by atoms with Crippen molar-refractivity contribution < 1.29 is 19.2 Å². The fourth-order valence-corrected chi connectivity index (χ4v) is 7.65. The predicted octanol–water partition coefficient (Wildman–Crippen LogP) is 5.31. The van der Waals surface area contributed by atoms with Crippen LogP contribution in [0.5, 0.6) is 0 Å². The number of aryl methyl sites for hydroxylation is 1. The summed E-state index contributed by atoms with van der Waals surface area (Å²) in [5, 5.41) is 6.51. The summed E-state index contributed by atoms with van der Waals surface area (Å²) in [5.41, 5.74) is 7.43. The lowest BCUT2D eigenvalue weighted by molar-refractivity contribution is -0.112. The lowest BCUT2D eigenvalue weighted by atomic mass is 10.1. The molecule has 2 saturated heterocycles. The number of benzene rings is 2. The fourth-order valence-electron chi connectivity index (χ4n) is 7.65. The van der Waals surface area contributed by atoms with Crippen molar-refractivity contribution in [3.05, 3.63) is 88.7 Å². The summed E-state index contributed by atoms with van der Waals surface area (Å²) in [6, 6.07) is 18.3. The molecule has 3 aliphatic rings. The molecule has 2 amide bonds. The second-order valence-electron chi connectivity index (χ2n) is 14.2. The third kappa shape index (κ3) is 9.91. The topological polar surface area (TPSA) is 134 Å². The summed E-state index contributed by atoms with van der Waals surface area (Å²) >= 11 is 0. The van der Waals surface area contributed by atoms with Crippen molar-refractivity contribution in [3.63, 3.8) is 0 Å². The summed E-state index contributed by atoms with van der Waals surface area (Å²) in [6.07, 6.45) is 10.6. The van der Waals surface area contributed by atoms with Gasteiger partial charge in [-0.1, -0.05) is 43.7 Å². The molecule has 7 rings (SSSR count). The van der Waals surface area contributed by atoms with E-state index in [0.717, 1.165) is 92.8 Å². The number of rotatable bonds is 13. The second kappa shape index (κ2) is 19.8. The third-order valence-electron chi connectivity index (χ3n) is 10.7. The maximum atomic E-state index is 13.0. The van der Waals surface area contributed by atoms with Gasteiger partial charge in [0.15, 0.2) is 0 Å². The summed E-state index contributed by atoms with van der Waals surface area (Å²) in [7, 11) is 5.65. The van der Waals surface area contributed by atoms with Gasteiger partial charge in [-0.05, 0) is 76.0 Å². The van der Waals surface area contributed by atoms with Crippen molar-refractivity contribution in [1.82, 2.24) is 30.0 Å². The van der Waals surface area contributed by atoms with Gasteiger partial charge in [-0.3, -0.25) is 24.2 Å². The minimum Gasteiger partial charge on any atom is -0.373 e. The van der Waals surface area contributed by atoms with Gasteiger partial charge in [0.05, 0.1) is 11.6 Å². The number of hydrogen-bond acceptors (Lipinski definition) is 9. The summed E-state index contributed by atoms with van der Waals surface area (Å²) in [6.45, 7) is 8.68. The van der Waals surface area contributed by atoms with Crippen LogP contribution < -0.4 is 15.5 Å². The molecule has 5 heterocycles. The minimum atomic E-state index is -0.339. The number of carbonyl (C=O) groups is 4. The molecule has 4 aromatic rings. The molecule has 288 valence electrons. The molecule has 2 fully saturated rings. The van der Waals surface area contributed by atoms with E-state index in [1.807, 2.05) is 56.6 Å². The molecular formula is C42H56N8O4. The fraction of sp³-hybridized carbons (Fsp3) is 0.452. The lowest BCUT2D eigenvalue weighted by Crippen LogP contribution is -2.47. The number of anilines is 2. The average Bonchev–Trinajstić information content (AvgIpc) is 3.93. The molecule has 12 heteroatoms. The number of aromatic nitrogens is 2. The quantitative estimate of drug-likeness (QED) is 0.156. The van der Waals surface area contributed by atoms with Gasteiger partial charge < -0.3 is 30.2 Å². The number of likely N-dealkylation sites (tertiary alicyclic amines) is 1. The molecule has 0 saturated carbocycles. The van der Waals surface area contributed by atoms with Crippen molar-refractivity contribution >= 4 is 47.3 Å². The van der Waals surface area contributed by atoms with Crippen molar-refractivity contribution in [2.75, 3.05) is 70.6 Å². The molecule has 2 atom stereocenters. The first kappa shape index (κ1) is 40.1. The number of hydrogen-bond donors (Lipinski definition) is 3. The first-order chi connectivity index (χ1) is 26.3. The van der Waals surface area contributed by atoms with Gasteiger partial charge >= 0.3 is 0 Å². The Balaban J connectivity index is 0.000000221. The molecule has 0 spiro atoms. The third-order valence-corrected chi connectivity index (χ3v) is 10.7. The van der Waals surface area contributed by atoms with Crippen LogP contribution in [0.3, 0.4) is 0 Å². The van der Waals surface area contributed by atoms with Crippen LogP contribution in [0.4, 0.5) is 11.5 Å².